The highest BCUT2D eigenvalue weighted by Crippen LogP contribution is 2.47. The summed E-state index contributed by atoms with van der Waals surface area (Å²) in [5, 5.41) is 14.3. The molecule has 11 nitrogen and oxygen atoms in total. The Morgan fingerprint density at radius 1 is 1.45 bits per heavy atom. The van der Waals surface area contributed by atoms with Crippen molar-refractivity contribution in [2.24, 2.45) is 0 Å². The number of nitriles is 1. The van der Waals surface area contributed by atoms with E-state index in [4.69, 9.17) is 29.4 Å². The first-order valence-electron chi connectivity index (χ1n) is 9.25. The summed E-state index contributed by atoms with van der Waals surface area (Å²) in [5.41, 5.74) is 5.13. The third-order valence-corrected chi connectivity index (χ3v) is 4.78. The van der Waals surface area contributed by atoms with Crippen molar-refractivity contribution in [3.63, 3.8) is 0 Å². The molecule has 2 aliphatic heterocycles. The molecule has 0 amide bonds. The van der Waals surface area contributed by atoms with E-state index in [9.17, 15) is 10.1 Å². The van der Waals surface area contributed by atoms with Crippen molar-refractivity contribution < 1.29 is 28.5 Å². The van der Waals surface area contributed by atoms with Crippen LogP contribution in [-0.2, 0) is 29.3 Å². The molecular weight excluding hydrogens is 382 g/mol. The van der Waals surface area contributed by atoms with Crippen LogP contribution in [0.15, 0.2) is 18.5 Å². The fourth-order valence-corrected chi connectivity index (χ4v) is 3.56. The second-order valence-corrected chi connectivity index (χ2v) is 7.02. The maximum atomic E-state index is 12.0. The Kier molecular flexibility index (Phi) is 4.77. The lowest BCUT2D eigenvalue weighted by molar-refractivity contribution is -0.211. The number of anilines is 1. The summed E-state index contributed by atoms with van der Waals surface area (Å²) in [6.45, 7) is 5.26. The standard InChI is InChI=1S/C18H21N5O6/c1-4-12-26-13-14(27-12)18(7-19,29-16(13)28-17(24)25-9(2)3)11-6-5-10-15(20)21-8-22-23(10)11/h5-6,8-9,12-14,16H,4H2,1-3H3,(H2,20,21,22)/t12?,13-,14-,16+,18?/m1/s1. The van der Waals surface area contributed by atoms with Gasteiger partial charge in [0.1, 0.15) is 24.0 Å². The van der Waals surface area contributed by atoms with Crippen molar-refractivity contribution in [3.05, 3.63) is 24.2 Å². The highest BCUT2D eigenvalue weighted by molar-refractivity contribution is 5.66. The van der Waals surface area contributed by atoms with Gasteiger partial charge in [0.05, 0.1) is 11.8 Å². The predicted molar refractivity (Wildman–Crippen MR) is 96.1 cm³/mol. The van der Waals surface area contributed by atoms with Crippen molar-refractivity contribution in [1.29, 1.82) is 5.26 Å². The van der Waals surface area contributed by atoms with Crippen LogP contribution in [0.5, 0.6) is 0 Å². The Morgan fingerprint density at radius 3 is 2.93 bits per heavy atom. The minimum atomic E-state index is -1.65. The summed E-state index contributed by atoms with van der Waals surface area (Å²) < 4.78 is 29.5. The predicted octanol–water partition coefficient (Wildman–Crippen LogP) is 1.47. The van der Waals surface area contributed by atoms with E-state index in [-0.39, 0.29) is 11.9 Å². The lowest BCUT2D eigenvalue weighted by Crippen LogP contribution is -2.40. The van der Waals surface area contributed by atoms with Crippen molar-refractivity contribution in [2.45, 2.75) is 63.7 Å². The van der Waals surface area contributed by atoms with Gasteiger partial charge in [-0.2, -0.15) is 10.4 Å². The van der Waals surface area contributed by atoms with Crippen LogP contribution in [0.25, 0.3) is 5.52 Å². The van der Waals surface area contributed by atoms with Crippen LogP contribution < -0.4 is 5.73 Å². The van der Waals surface area contributed by atoms with Gasteiger partial charge in [-0.15, -0.1) is 0 Å². The van der Waals surface area contributed by atoms with Crippen LogP contribution in [0.4, 0.5) is 10.6 Å². The van der Waals surface area contributed by atoms with E-state index in [1.807, 2.05) is 6.92 Å². The molecule has 0 aromatic carbocycles. The monoisotopic (exact) mass is 403 g/mol. The molecule has 2 saturated heterocycles. The number of carbonyl (C=O) groups excluding carboxylic acids is 1. The molecule has 29 heavy (non-hydrogen) atoms. The third kappa shape index (κ3) is 3.05. The molecule has 5 atom stereocenters. The minimum Gasteiger partial charge on any atom is -0.432 e. The Labute approximate surface area is 166 Å². The minimum absolute atomic E-state index is 0.247. The summed E-state index contributed by atoms with van der Waals surface area (Å²) in [7, 11) is 0. The number of hydrogen-bond donors (Lipinski definition) is 1. The highest BCUT2D eigenvalue weighted by Gasteiger charge is 2.65. The van der Waals surface area contributed by atoms with Crippen LogP contribution in [-0.4, -0.2) is 51.6 Å². The van der Waals surface area contributed by atoms with E-state index in [0.717, 1.165) is 0 Å². The number of aromatic nitrogens is 3. The van der Waals surface area contributed by atoms with Crippen LogP contribution in [0.1, 0.15) is 32.9 Å². The molecule has 11 heteroatoms. The van der Waals surface area contributed by atoms with Crippen molar-refractivity contribution in [1.82, 2.24) is 14.6 Å². The molecule has 0 aliphatic carbocycles. The van der Waals surface area contributed by atoms with Gasteiger partial charge in [0.25, 0.3) is 0 Å². The Morgan fingerprint density at radius 2 is 2.24 bits per heavy atom. The molecular formula is C18H21N5O6. The Hall–Kier alpha value is -2.94. The number of nitrogens with two attached hydrogens (primary N) is 1. The number of nitrogens with zero attached hydrogens (tertiary/aromatic N) is 4. The quantitative estimate of drug-likeness (QED) is 0.745. The Bertz CT molecular complexity index is 971. The third-order valence-electron chi connectivity index (χ3n) is 4.78. The van der Waals surface area contributed by atoms with Gasteiger partial charge >= 0.3 is 6.16 Å². The Balaban J connectivity index is 1.75. The van der Waals surface area contributed by atoms with Crippen LogP contribution in [0.3, 0.4) is 0 Å². The van der Waals surface area contributed by atoms with E-state index < -0.39 is 36.5 Å². The molecule has 2 unspecified atom stereocenters. The smallest absolute Gasteiger partial charge is 0.432 e. The van der Waals surface area contributed by atoms with Gasteiger partial charge in [0, 0.05) is 0 Å². The molecule has 2 N–H and O–H groups in total. The van der Waals surface area contributed by atoms with Crippen molar-refractivity contribution in [2.75, 3.05) is 5.73 Å². The lowest BCUT2D eigenvalue weighted by atomic mass is 9.93. The number of fused-ring (bicyclic) bond motifs is 2. The van der Waals surface area contributed by atoms with Gasteiger partial charge < -0.3 is 29.4 Å². The summed E-state index contributed by atoms with van der Waals surface area (Å²) in [6, 6.07) is 5.50. The molecule has 0 saturated carbocycles. The molecule has 2 aromatic heterocycles. The normalized spacial score (nSPS) is 31.0. The van der Waals surface area contributed by atoms with Crippen LogP contribution in [0, 0.1) is 11.3 Å². The summed E-state index contributed by atoms with van der Waals surface area (Å²) in [5.74, 6) is 0.247. The van der Waals surface area contributed by atoms with Gasteiger partial charge in [-0.25, -0.2) is 14.3 Å². The average molecular weight is 403 g/mol. The van der Waals surface area contributed by atoms with E-state index in [2.05, 4.69) is 16.2 Å². The molecule has 0 bridgehead atoms. The summed E-state index contributed by atoms with van der Waals surface area (Å²) in [6.07, 6.45) is -2.93. The largest absolute Gasteiger partial charge is 0.510 e. The number of rotatable bonds is 4. The molecule has 4 heterocycles. The summed E-state index contributed by atoms with van der Waals surface area (Å²) in [4.78, 5) is 16.0. The van der Waals surface area contributed by atoms with Crippen molar-refractivity contribution >= 4 is 17.5 Å². The zero-order valence-corrected chi connectivity index (χ0v) is 16.1. The number of carbonyl (C=O) groups is 1. The van der Waals surface area contributed by atoms with Gasteiger partial charge in [-0.1, -0.05) is 6.92 Å². The van der Waals surface area contributed by atoms with E-state index >= 15 is 0 Å². The van der Waals surface area contributed by atoms with Gasteiger partial charge in [0.15, 0.2) is 18.2 Å². The van der Waals surface area contributed by atoms with Crippen LogP contribution >= 0.6 is 0 Å². The maximum Gasteiger partial charge on any atom is 0.510 e. The van der Waals surface area contributed by atoms with Gasteiger partial charge in [0.2, 0.25) is 11.9 Å². The molecule has 2 aromatic rings. The first-order chi connectivity index (χ1) is 13.9. The molecule has 2 aliphatic rings. The van der Waals surface area contributed by atoms with E-state index in [1.54, 1.807) is 26.0 Å². The molecule has 0 spiro atoms. The zero-order chi connectivity index (χ0) is 20.8. The van der Waals surface area contributed by atoms with Gasteiger partial charge in [-0.3, -0.25) is 0 Å². The first kappa shape index (κ1) is 19.4. The van der Waals surface area contributed by atoms with E-state index in [0.29, 0.717) is 17.6 Å². The number of hydrogen-bond acceptors (Lipinski definition) is 10. The molecule has 4 rings (SSSR count). The fraction of sp³-hybridized carbons (Fsp3) is 0.556. The fourth-order valence-electron chi connectivity index (χ4n) is 3.56. The van der Waals surface area contributed by atoms with E-state index in [1.165, 1.54) is 10.8 Å². The van der Waals surface area contributed by atoms with Gasteiger partial charge in [-0.05, 0) is 32.4 Å². The maximum absolute atomic E-state index is 12.0. The average Bonchev–Trinajstić information content (AvgIpc) is 3.35. The number of nitrogen functional groups attached to an aromatic ring is 1. The first-order valence-corrected chi connectivity index (χ1v) is 9.25. The highest BCUT2D eigenvalue weighted by atomic mass is 16.8. The SMILES string of the molecule is CCC1O[C@H]2[C@@H](OC(=O)OC(C)C)OC(C#N)(c3ccc4c(N)ncnn34)[C@@H]2O1. The second-order valence-electron chi connectivity index (χ2n) is 7.02. The topological polar surface area (TPSA) is 143 Å². The van der Waals surface area contributed by atoms with Crippen LogP contribution in [0.2, 0.25) is 0 Å². The lowest BCUT2D eigenvalue weighted by Gasteiger charge is -2.26. The molecule has 154 valence electrons. The second kappa shape index (κ2) is 7.14. The van der Waals surface area contributed by atoms with Crippen molar-refractivity contribution in [3.8, 4) is 6.07 Å². The molecule has 2 fully saturated rings. The number of ether oxygens (including phenoxy) is 5. The zero-order valence-electron chi connectivity index (χ0n) is 16.1. The molecule has 0 radical (unpaired) electrons. The summed E-state index contributed by atoms with van der Waals surface area (Å²) >= 11 is 0.